The average molecular weight is 321 g/mol. The number of hydrogen-bond donors (Lipinski definition) is 1. The first-order chi connectivity index (χ1) is 10.4. The SMILES string of the molecule is c1cc(CCNCCSc2ccc3c(c2)OCCO3)cs1. The van der Waals surface area contributed by atoms with Crippen LogP contribution in [0.4, 0.5) is 0 Å². The number of rotatable bonds is 7. The molecule has 0 radical (unpaired) electrons. The average Bonchev–Trinajstić information content (AvgIpc) is 3.04. The Morgan fingerprint density at radius 1 is 1.10 bits per heavy atom. The van der Waals surface area contributed by atoms with Crippen LogP contribution in [0.3, 0.4) is 0 Å². The van der Waals surface area contributed by atoms with Gasteiger partial charge in [0.25, 0.3) is 0 Å². The van der Waals surface area contributed by atoms with Gasteiger partial charge in [0.1, 0.15) is 13.2 Å². The molecule has 2 aromatic rings. The molecule has 1 N–H and O–H groups in total. The number of ether oxygens (including phenoxy) is 2. The van der Waals surface area contributed by atoms with E-state index in [-0.39, 0.29) is 0 Å². The quantitative estimate of drug-likeness (QED) is 0.625. The molecule has 21 heavy (non-hydrogen) atoms. The number of nitrogens with one attached hydrogen (secondary N) is 1. The Hall–Kier alpha value is -1.17. The Balaban J connectivity index is 1.35. The zero-order chi connectivity index (χ0) is 14.3. The van der Waals surface area contributed by atoms with E-state index in [0.717, 1.165) is 36.8 Å². The van der Waals surface area contributed by atoms with E-state index in [1.807, 2.05) is 17.8 Å². The van der Waals surface area contributed by atoms with Crippen LogP contribution in [0, 0.1) is 0 Å². The summed E-state index contributed by atoms with van der Waals surface area (Å²) in [7, 11) is 0. The zero-order valence-corrected chi connectivity index (χ0v) is 13.5. The summed E-state index contributed by atoms with van der Waals surface area (Å²) >= 11 is 3.61. The molecule has 0 saturated carbocycles. The van der Waals surface area contributed by atoms with Gasteiger partial charge < -0.3 is 14.8 Å². The van der Waals surface area contributed by atoms with E-state index in [9.17, 15) is 0 Å². The molecule has 1 aromatic carbocycles. The van der Waals surface area contributed by atoms with Gasteiger partial charge in [0, 0.05) is 17.2 Å². The maximum absolute atomic E-state index is 5.60. The zero-order valence-electron chi connectivity index (χ0n) is 11.8. The Kier molecular flexibility index (Phi) is 5.43. The van der Waals surface area contributed by atoms with Gasteiger partial charge in [0.05, 0.1) is 0 Å². The normalized spacial score (nSPS) is 13.3. The maximum Gasteiger partial charge on any atom is 0.162 e. The molecule has 0 aliphatic carbocycles. The third-order valence-corrected chi connectivity index (χ3v) is 4.96. The lowest BCUT2D eigenvalue weighted by Crippen LogP contribution is -2.19. The number of thiophene rings is 1. The van der Waals surface area contributed by atoms with Crippen molar-refractivity contribution in [3.05, 3.63) is 40.6 Å². The number of thioether (sulfide) groups is 1. The van der Waals surface area contributed by atoms with E-state index < -0.39 is 0 Å². The number of hydrogen-bond acceptors (Lipinski definition) is 5. The van der Waals surface area contributed by atoms with Gasteiger partial charge in [-0.15, -0.1) is 11.8 Å². The minimum absolute atomic E-state index is 0.644. The molecule has 0 atom stereocenters. The van der Waals surface area contributed by atoms with Crippen LogP contribution < -0.4 is 14.8 Å². The smallest absolute Gasteiger partial charge is 0.162 e. The molecular formula is C16H19NO2S2. The molecular weight excluding hydrogens is 302 g/mol. The molecule has 0 spiro atoms. The van der Waals surface area contributed by atoms with E-state index in [0.29, 0.717) is 13.2 Å². The molecule has 1 aromatic heterocycles. The fraction of sp³-hybridized carbons (Fsp3) is 0.375. The molecule has 0 unspecified atom stereocenters. The highest BCUT2D eigenvalue weighted by molar-refractivity contribution is 7.99. The standard InChI is InChI=1S/C16H19NO2S2/c1-2-15-16(19-8-7-18-15)11-14(1)21-10-6-17-5-3-13-4-9-20-12-13/h1-2,4,9,11-12,17H,3,5-8,10H2. The molecule has 0 saturated heterocycles. The summed E-state index contributed by atoms with van der Waals surface area (Å²) in [5.74, 6) is 2.79. The van der Waals surface area contributed by atoms with E-state index in [4.69, 9.17) is 9.47 Å². The van der Waals surface area contributed by atoms with E-state index >= 15 is 0 Å². The Morgan fingerprint density at radius 2 is 2.00 bits per heavy atom. The molecule has 0 fully saturated rings. The van der Waals surface area contributed by atoms with Crippen LogP contribution in [-0.4, -0.2) is 32.1 Å². The first kappa shape index (κ1) is 14.8. The van der Waals surface area contributed by atoms with Crippen LogP contribution in [0.5, 0.6) is 11.5 Å². The third kappa shape index (κ3) is 4.40. The van der Waals surface area contributed by atoms with Gasteiger partial charge in [-0.3, -0.25) is 0 Å². The summed E-state index contributed by atoms with van der Waals surface area (Å²) in [6.45, 7) is 3.35. The van der Waals surface area contributed by atoms with Crippen LogP contribution in [0.2, 0.25) is 0 Å². The monoisotopic (exact) mass is 321 g/mol. The lowest BCUT2D eigenvalue weighted by atomic mass is 10.2. The van der Waals surface area contributed by atoms with Gasteiger partial charge in [-0.2, -0.15) is 11.3 Å². The molecule has 0 bridgehead atoms. The molecule has 0 amide bonds. The van der Waals surface area contributed by atoms with Crippen molar-refractivity contribution in [3.63, 3.8) is 0 Å². The second-order valence-electron chi connectivity index (χ2n) is 4.79. The van der Waals surface area contributed by atoms with Crippen molar-refractivity contribution in [3.8, 4) is 11.5 Å². The van der Waals surface area contributed by atoms with Crippen molar-refractivity contribution in [2.24, 2.45) is 0 Å². The Labute approximate surface area is 133 Å². The molecule has 1 aliphatic heterocycles. The Morgan fingerprint density at radius 3 is 2.86 bits per heavy atom. The molecule has 1 aliphatic rings. The van der Waals surface area contributed by atoms with Gasteiger partial charge in [-0.25, -0.2) is 0 Å². The highest BCUT2D eigenvalue weighted by Crippen LogP contribution is 2.33. The first-order valence-electron chi connectivity index (χ1n) is 7.16. The predicted molar refractivity (Wildman–Crippen MR) is 89.0 cm³/mol. The lowest BCUT2D eigenvalue weighted by molar-refractivity contribution is 0.171. The van der Waals surface area contributed by atoms with Crippen molar-refractivity contribution in [2.75, 3.05) is 32.1 Å². The largest absolute Gasteiger partial charge is 0.486 e. The second kappa shape index (κ2) is 7.73. The summed E-state index contributed by atoms with van der Waals surface area (Å²) in [6, 6.07) is 8.37. The van der Waals surface area contributed by atoms with E-state index in [2.05, 4.69) is 34.3 Å². The highest BCUT2D eigenvalue weighted by Gasteiger charge is 2.11. The summed E-state index contributed by atoms with van der Waals surface area (Å²) in [6.07, 6.45) is 1.11. The van der Waals surface area contributed by atoms with Crippen molar-refractivity contribution in [1.82, 2.24) is 5.32 Å². The molecule has 3 nitrogen and oxygen atoms in total. The van der Waals surface area contributed by atoms with E-state index in [1.165, 1.54) is 10.5 Å². The van der Waals surface area contributed by atoms with Gasteiger partial charge >= 0.3 is 0 Å². The van der Waals surface area contributed by atoms with Crippen molar-refractivity contribution < 1.29 is 9.47 Å². The minimum atomic E-state index is 0.644. The summed E-state index contributed by atoms with van der Waals surface area (Å²) < 4.78 is 11.1. The van der Waals surface area contributed by atoms with E-state index in [1.54, 1.807) is 11.3 Å². The summed E-state index contributed by atoms with van der Waals surface area (Å²) in [5.41, 5.74) is 1.42. The first-order valence-corrected chi connectivity index (χ1v) is 9.09. The van der Waals surface area contributed by atoms with Gasteiger partial charge in [-0.1, -0.05) is 0 Å². The maximum atomic E-state index is 5.60. The van der Waals surface area contributed by atoms with Crippen molar-refractivity contribution in [1.29, 1.82) is 0 Å². The van der Waals surface area contributed by atoms with Crippen LogP contribution in [0.25, 0.3) is 0 Å². The Bertz CT molecular complexity index is 557. The van der Waals surface area contributed by atoms with Gasteiger partial charge in [-0.05, 0) is 53.6 Å². The molecule has 112 valence electrons. The lowest BCUT2D eigenvalue weighted by Gasteiger charge is -2.18. The van der Waals surface area contributed by atoms with Crippen LogP contribution in [0.15, 0.2) is 39.9 Å². The number of benzene rings is 1. The van der Waals surface area contributed by atoms with Gasteiger partial charge in [0.2, 0.25) is 0 Å². The molecule has 2 heterocycles. The topological polar surface area (TPSA) is 30.5 Å². The molecule has 3 rings (SSSR count). The summed E-state index contributed by atoms with van der Waals surface area (Å²) in [4.78, 5) is 1.24. The van der Waals surface area contributed by atoms with Crippen molar-refractivity contribution >= 4 is 23.1 Å². The third-order valence-electron chi connectivity index (χ3n) is 3.23. The highest BCUT2D eigenvalue weighted by atomic mass is 32.2. The molecule has 5 heteroatoms. The number of fused-ring (bicyclic) bond motifs is 1. The summed E-state index contributed by atoms with van der Waals surface area (Å²) in [5, 5.41) is 7.83. The van der Waals surface area contributed by atoms with Crippen molar-refractivity contribution in [2.45, 2.75) is 11.3 Å². The second-order valence-corrected chi connectivity index (χ2v) is 6.73. The van der Waals surface area contributed by atoms with Crippen LogP contribution in [0.1, 0.15) is 5.56 Å². The van der Waals surface area contributed by atoms with Gasteiger partial charge in [0.15, 0.2) is 11.5 Å². The van der Waals surface area contributed by atoms with Crippen LogP contribution >= 0.6 is 23.1 Å². The minimum Gasteiger partial charge on any atom is -0.486 e. The fourth-order valence-corrected chi connectivity index (χ4v) is 3.69. The van der Waals surface area contributed by atoms with Crippen LogP contribution in [-0.2, 0) is 6.42 Å². The predicted octanol–water partition coefficient (Wildman–Crippen LogP) is 3.44. The fourth-order valence-electron chi connectivity index (χ4n) is 2.15.